The van der Waals surface area contributed by atoms with E-state index in [1.165, 1.54) is 19.1 Å². The van der Waals surface area contributed by atoms with Crippen molar-refractivity contribution in [3.8, 4) is 34.1 Å². The molecule has 62 heavy (non-hydrogen) atoms. The zero-order valence-corrected chi connectivity index (χ0v) is 35.4. The lowest BCUT2D eigenvalue weighted by atomic mass is 10.0. The Kier molecular flexibility index (Phi) is 13.0. The monoisotopic (exact) mass is 881 g/mol. The molecule has 2 N–H and O–H groups in total. The number of nitrogens with zero attached hydrogens (tertiary/aromatic N) is 7. The summed E-state index contributed by atoms with van der Waals surface area (Å²) in [6.45, 7) is 16.9. The summed E-state index contributed by atoms with van der Waals surface area (Å²) in [5.41, 5.74) is 3.00. The second-order valence-corrected chi connectivity index (χ2v) is 17.1. The highest BCUT2D eigenvalue weighted by Crippen LogP contribution is 2.40. The van der Waals surface area contributed by atoms with Gasteiger partial charge in [0.1, 0.15) is 28.7 Å². The second kappa shape index (κ2) is 18.5. The van der Waals surface area contributed by atoms with E-state index >= 15 is 0 Å². The zero-order chi connectivity index (χ0) is 44.1. The first-order valence-electron chi connectivity index (χ1n) is 19.3. The molecular weight excluding hydrogens is 840 g/mol. The van der Waals surface area contributed by atoms with E-state index in [1.54, 1.807) is 37.4 Å². The Labute approximate surface area is 362 Å². The fourth-order valence-corrected chi connectivity index (χ4v) is 7.93. The molecule has 3 aromatic carbocycles. The molecule has 18 heteroatoms. The first-order chi connectivity index (χ1) is 29.7. The lowest BCUT2D eigenvalue weighted by Crippen LogP contribution is -2.47. The number of pyridine rings is 1. The molecule has 0 unspecified atom stereocenters. The number of carbonyl (C=O) groups is 1. The summed E-state index contributed by atoms with van der Waals surface area (Å²) in [4.78, 5) is 36.0. The molecule has 7 rings (SSSR count). The topological polar surface area (TPSA) is 156 Å². The Bertz CT molecular complexity index is 2810. The molecule has 0 atom stereocenters. The molecule has 14 nitrogen and oxygen atoms in total. The molecule has 1 fully saturated rings. The van der Waals surface area contributed by atoms with Crippen LogP contribution in [-0.2, 0) is 9.84 Å². The Morgan fingerprint density at radius 3 is 2.42 bits per heavy atom. The highest BCUT2D eigenvalue weighted by molar-refractivity contribution is 7.95. The van der Waals surface area contributed by atoms with Gasteiger partial charge in [-0.2, -0.15) is 0 Å². The molecule has 6 aromatic rings. The van der Waals surface area contributed by atoms with Gasteiger partial charge in [0.15, 0.2) is 22.3 Å². The van der Waals surface area contributed by atoms with E-state index in [0.29, 0.717) is 83.2 Å². The molecule has 0 aliphatic carbocycles. The number of halogens is 3. The Morgan fingerprint density at radius 1 is 0.952 bits per heavy atom. The van der Waals surface area contributed by atoms with Crippen molar-refractivity contribution in [1.82, 2.24) is 24.3 Å². The van der Waals surface area contributed by atoms with Crippen LogP contribution in [-0.4, -0.2) is 90.5 Å². The lowest BCUT2D eigenvalue weighted by Gasteiger charge is -2.36. The van der Waals surface area contributed by atoms with Gasteiger partial charge in [0.2, 0.25) is 5.95 Å². The van der Waals surface area contributed by atoms with Gasteiger partial charge in [-0.05, 0) is 75.2 Å². The number of carbonyl (C=O) groups excluding carboxylic acids is 1. The van der Waals surface area contributed by atoms with Crippen LogP contribution in [0.2, 0.25) is 5.02 Å². The fraction of sp³-hybridized carbons (Fsp3) is 0.205. The van der Waals surface area contributed by atoms with Crippen LogP contribution in [0.15, 0.2) is 114 Å². The first kappa shape index (κ1) is 43.4. The van der Waals surface area contributed by atoms with Gasteiger partial charge in [-0.15, -0.1) is 0 Å². The molecular formula is C44H42ClF2N9O5S. The van der Waals surface area contributed by atoms with Crippen LogP contribution in [0.1, 0.15) is 24.2 Å². The number of hydrogen-bond acceptors (Lipinski definition) is 12. The number of aliphatic imine (C=N–C) groups is 1. The summed E-state index contributed by atoms with van der Waals surface area (Å²) in [7, 11) is -3.34. The average Bonchev–Trinajstić information content (AvgIpc) is 3.64. The number of rotatable bonds is 16. The van der Waals surface area contributed by atoms with Gasteiger partial charge >= 0.3 is 0 Å². The summed E-state index contributed by atoms with van der Waals surface area (Å²) >= 11 is 6.93. The van der Waals surface area contributed by atoms with E-state index in [4.69, 9.17) is 31.0 Å². The molecule has 1 aliphatic rings. The third-order valence-corrected chi connectivity index (χ3v) is 12.0. The molecule has 3 aromatic heterocycles. The molecule has 1 amide bonds. The third-order valence-electron chi connectivity index (χ3n) is 9.94. The van der Waals surface area contributed by atoms with Crippen molar-refractivity contribution < 1.29 is 31.5 Å². The van der Waals surface area contributed by atoms with Crippen molar-refractivity contribution in [2.75, 3.05) is 60.7 Å². The minimum atomic E-state index is -3.34. The maximum Gasteiger partial charge on any atom is 0.259 e. The Morgan fingerprint density at radius 2 is 1.71 bits per heavy atom. The number of imidazole rings is 1. The van der Waals surface area contributed by atoms with Crippen LogP contribution in [0.4, 0.5) is 31.8 Å². The summed E-state index contributed by atoms with van der Waals surface area (Å²) in [5.74, 6) is -1.56. The van der Waals surface area contributed by atoms with Crippen molar-refractivity contribution in [3.63, 3.8) is 0 Å². The maximum atomic E-state index is 14.6. The van der Waals surface area contributed by atoms with Gasteiger partial charge < -0.3 is 25.0 Å². The predicted octanol–water partition coefficient (Wildman–Crippen LogP) is 8.41. The standard InChI is InChI=1S/C44H42ClF2N9O5S/c1-27(2)61-38-25-36(55-19-17-54(18-20-55)21-22-62(58,59)28(3)4)31(45)24-35(38)51-44-49-15-14-34(50-44)42-40(52-39-11-6-7-16-56(39)42)29-12-13-37(60-26-48-5)30(23-29)43(57)53-41-32(46)9-8-10-33(41)47/h6-16,23-25H,1,3,5,17-22,26H2,2,4H3,(H,53,57)(H,49,50,51). The number of fused-ring (bicyclic) bond motifs is 1. The lowest BCUT2D eigenvalue weighted by molar-refractivity contribution is 0.102. The molecule has 0 saturated carbocycles. The highest BCUT2D eigenvalue weighted by Gasteiger charge is 2.25. The summed E-state index contributed by atoms with van der Waals surface area (Å²) in [6, 6.07) is 18.8. The number of sulfone groups is 1. The molecule has 0 radical (unpaired) electrons. The van der Waals surface area contributed by atoms with Crippen LogP contribution >= 0.6 is 11.6 Å². The van der Waals surface area contributed by atoms with Crippen molar-refractivity contribution in [1.29, 1.82) is 0 Å². The largest absolute Gasteiger partial charge is 0.471 e. The Balaban J connectivity index is 1.20. The minimum absolute atomic E-state index is 0.0142. The number of aromatic nitrogens is 4. The van der Waals surface area contributed by atoms with E-state index in [9.17, 15) is 22.0 Å². The quantitative estimate of drug-likeness (QED) is 0.0711. The van der Waals surface area contributed by atoms with Crippen molar-refractivity contribution >= 4 is 62.7 Å². The van der Waals surface area contributed by atoms with Crippen LogP contribution in [0, 0.1) is 11.6 Å². The van der Waals surface area contributed by atoms with Gasteiger partial charge in [0.25, 0.3) is 5.91 Å². The zero-order valence-electron chi connectivity index (χ0n) is 33.9. The van der Waals surface area contributed by atoms with Crippen molar-refractivity contribution in [2.45, 2.75) is 13.8 Å². The normalized spacial score (nSPS) is 13.1. The number of hydrogen-bond donors (Lipinski definition) is 2. The van der Waals surface area contributed by atoms with Gasteiger partial charge in [-0.3, -0.25) is 19.1 Å². The van der Waals surface area contributed by atoms with Gasteiger partial charge in [-0.25, -0.2) is 32.2 Å². The number of nitrogens with one attached hydrogen (secondary N) is 2. The maximum absolute atomic E-state index is 14.6. The number of benzene rings is 3. The van der Waals surface area contributed by atoms with E-state index in [1.807, 2.05) is 34.9 Å². The number of anilines is 4. The van der Waals surface area contributed by atoms with Crippen LogP contribution < -0.4 is 25.0 Å². The number of ether oxygens (including phenoxy) is 2. The van der Waals surface area contributed by atoms with Crippen molar-refractivity contribution in [3.05, 3.63) is 131 Å². The van der Waals surface area contributed by atoms with Crippen molar-refractivity contribution in [2.24, 2.45) is 4.99 Å². The Hall–Kier alpha value is -6.69. The van der Waals surface area contributed by atoms with Gasteiger partial charge in [0, 0.05) is 61.7 Å². The molecule has 1 saturated heterocycles. The summed E-state index contributed by atoms with van der Waals surface area (Å²) in [6.07, 6.45) is 3.40. The minimum Gasteiger partial charge on any atom is -0.471 e. The number of para-hydroxylation sites is 1. The van der Waals surface area contributed by atoms with E-state index < -0.39 is 33.1 Å². The SMILES string of the molecule is C=NCOc1ccc(-c2nc3ccccn3c2-c2ccnc(Nc3cc(Cl)c(N4CCN(CCS(=O)(=O)C(=C)C)CC4)cc3OC(=C)C)n2)cc1C(=O)Nc1c(F)cccc1F. The number of allylic oxidation sites excluding steroid dienone is 2. The predicted molar refractivity (Wildman–Crippen MR) is 238 cm³/mol. The summed E-state index contributed by atoms with van der Waals surface area (Å²) < 4.78 is 67.4. The molecule has 0 bridgehead atoms. The van der Waals surface area contributed by atoms with E-state index in [0.717, 1.165) is 17.8 Å². The molecule has 0 spiro atoms. The molecule has 1 aliphatic heterocycles. The smallest absolute Gasteiger partial charge is 0.259 e. The van der Waals surface area contributed by atoms with Crippen LogP contribution in [0.25, 0.3) is 28.3 Å². The van der Waals surface area contributed by atoms with E-state index in [-0.39, 0.29) is 34.7 Å². The fourth-order valence-electron chi connectivity index (χ4n) is 6.80. The van der Waals surface area contributed by atoms with E-state index in [2.05, 4.69) is 50.3 Å². The number of piperazine rings is 1. The van der Waals surface area contributed by atoms with Gasteiger partial charge in [-0.1, -0.05) is 36.9 Å². The molecule has 4 heterocycles. The summed E-state index contributed by atoms with van der Waals surface area (Å²) in [5, 5.41) is 6.02. The number of amides is 1. The third kappa shape index (κ3) is 9.59. The average molecular weight is 882 g/mol. The first-order valence-corrected chi connectivity index (χ1v) is 21.3. The van der Waals surface area contributed by atoms with Crippen LogP contribution in [0.5, 0.6) is 11.5 Å². The second-order valence-electron chi connectivity index (χ2n) is 14.3. The highest BCUT2D eigenvalue weighted by atomic mass is 35.5. The molecule has 320 valence electrons. The van der Waals surface area contributed by atoms with Crippen LogP contribution in [0.3, 0.4) is 0 Å². The van der Waals surface area contributed by atoms with Gasteiger partial charge in [0.05, 0.1) is 50.6 Å².